The van der Waals surface area contributed by atoms with E-state index in [2.05, 4.69) is 9.71 Å². The standard InChI is InChI=1S/C14H18N2O4S/c1-10-5-6-12(11-4-3-7-15-13(10)11)21(19,20)16-8-14(2,18)9-17/h3-7,16-18H,8-9H2,1-2H3. The van der Waals surface area contributed by atoms with Crippen molar-refractivity contribution in [3.05, 3.63) is 36.0 Å². The van der Waals surface area contributed by atoms with E-state index in [4.69, 9.17) is 5.11 Å². The monoisotopic (exact) mass is 310 g/mol. The van der Waals surface area contributed by atoms with Gasteiger partial charge in [0.25, 0.3) is 0 Å². The van der Waals surface area contributed by atoms with Crippen molar-refractivity contribution in [2.24, 2.45) is 0 Å². The SMILES string of the molecule is Cc1ccc(S(=O)(=O)NCC(C)(O)CO)c2cccnc12. The second kappa shape index (κ2) is 5.69. The number of nitrogens with zero attached hydrogens (tertiary/aromatic N) is 1. The van der Waals surface area contributed by atoms with Crippen LogP contribution in [0.3, 0.4) is 0 Å². The molecule has 0 amide bonds. The van der Waals surface area contributed by atoms with Gasteiger partial charge in [0.1, 0.15) is 0 Å². The van der Waals surface area contributed by atoms with Gasteiger partial charge in [0.05, 0.1) is 22.6 Å². The number of benzene rings is 1. The molecule has 0 saturated heterocycles. The van der Waals surface area contributed by atoms with E-state index >= 15 is 0 Å². The summed E-state index contributed by atoms with van der Waals surface area (Å²) in [4.78, 5) is 4.30. The third kappa shape index (κ3) is 3.38. The molecule has 1 aromatic heterocycles. The molecule has 7 heteroatoms. The fraction of sp³-hybridized carbons (Fsp3) is 0.357. The average molecular weight is 310 g/mol. The molecule has 0 saturated carbocycles. The molecule has 0 bridgehead atoms. The number of aliphatic hydroxyl groups excluding tert-OH is 1. The Morgan fingerprint density at radius 2 is 2.05 bits per heavy atom. The fourth-order valence-electron chi connectivity index (χ4n) is 1.91. The Kier molecular flexibility index (Phi) is 4.29. The maximum Gasteiger partial charge on any atom is 0.241 e. The van der Waals surface area contributed by atoms with Gasteiger partial charge in [-0.1, -0.05) is 6.07 Å². The van der Waals surface area contributed by atoms with Crippen molar-refractivity contribution < 1.29 is 18.6 Å². The van der Waals surface area contributed by atoms with E-state index in [0.717, 1.165) is 5.56 Å². The molecule has 0 radical (unpaired) electrons. The minimum atomic E-state index is -3.81. The third-order valence-electron chi connectivity index (χ3n) is 3.20. The van der Waals surface area contributed by atoms with Crippen LogP contribution in [0.2, 0.25) is 0 Å². The number of hydrogen-bond donors (Lipinski definition) is 3. The molecule has 6 nitrogen and oxygen atoms in total. The van der Waals surface area contributed by atoms with Gasteiger partial charge in [-0.05, 0) is 37.6 Å². The molecule has 0 aliphatic rings. The van der Waals surface area contributed by atoms with Crippen LogP contribution in [0.15, 0.2) is 35.4 Å². The summed E-state index contributed by atoms with van der Waals surface area (Å²) in [5.41, 5.74) is -0.00701. The van der Waals surface area contributed by atoms with Crippen molar-refractivity contribution in [3.8, 4) is 0 Å². The quantitative estimate of drug-likeness (QED) is 0.749. The molecule has 0 aliphatic heterocycles. The molecular weight excluding hydrogens is 292 g/mol. The van der Waals surface area contributed by atoms with Crippen LogP contribution in [0, 0.1) is 6.92 Å². The molecule has 3 N–H and O–H groups in total. The summed E-state index contributed by atoms with van der Waals surface area (Å²) in [5, 5.41) is 19.2. The van der Waals surface area contributed by atoms with Crippen LogP contribution >= 0.6 is 0 Å². The van der Waals surface area contributed by atoms with Gasteiger partial charge in [0.2, 0.25) is 10.0 Å². The first-order valence-corrected chi connectivity index (χ1v) is 7.92. The number of aryl methyl sites for hydroxylation is 1. The van der Waals surface area contributed by atoms with E-state index in [-0.39, 0.29) is 11.4 Å². The van der Waals surface area contributed by atoms with Crippen LogP contribution in [0.5, 0.6) is 0 Å². The Morgan fingerprint density at radius 3 is 2.71 bits per heavy atom. The van der Waals surface area contributed by atoms with Gasteiger partial charge in [0, 0.05) is 18.1 Å². The summed E-state index contributed by atoms with van der Waals surface area (Å²) in [6.07, 6.45) is 1.61. The fourth-order valence-corrected chi connectivity index (χ4v) is 3.26. The summed E-state index contributed by atoms with van der Waals surface area (Å²) >= 11 is 0. The van der Waals surface area contributed by atoms with Crippen molar-refractivity contribution in [1.29, 1.82) is 0 Å². The predicted octanol–water partition coefficient (Wildman–Crippen LogP) is 0.565. The normalized spacial score (nSPS) is 15.0. The van der Waals surface area contributed by atoms with Crippen LogP contribution in [0.25, 0.3) is 10.9 Å². The first-order valence-electron chi connectivity index (χ1n) is 6.44. The van der Waals surface area contributed by atoms with Gasteiger partial charge in [-0.3, -0.25) is 4.98 Å². The minimum absolute atomic E-state index is 0.102. The second-order valence-corrected chi connectivity index (χ2v) is 7.00. The Morgan fingerprint density at radius 1 is 1.33 bits per heavy atom. The summed E-state index contributed by atoms with van der Waals surface area (Å²) in [5.74, 6) is 0. The molecule has 1 unspecified atom stereocenters. The summed E-state index contributed by atoms with van der Waals surface area (Å²) in [7, 11) is -3.81. The van der Waals surface area contributed by atoms with Crippen LogP contribution in [0.1, 0.15) is 12.5 Å². The Labute approximate surface area is 123 Å². The van der Waals surface area contributed by atoms with Crippen molar-refractivity contribution in [2.45, 2.75) is 24.3 Å². The van der Waals surface area contributed by atoms with Crippen molar-refractivity contribution in [2.75, 3.05) is 13.2 Å². The zero-order valence-electron chi connectivity index (χ0n) is 11.9. The number of pyridine rings is 1. The smallest absolute Gasteiger partial charge is 0.241 e. The predicted molar refractivity (Wildman–Crippen MR) is 79.4 cm³/mol. The molecule has 2 aromatic rings. The number of fused-ring (bicyclic) bond motifs is 1. The van der Waals surface area contributed by atoms with E-state index in [1.807, 2.05) is 6.92 Å². The molecule has 1 heterocycles. The highest BCUT2D eigenvalue weighted by molar-refractivity contribution is 7.89. The molecule has 0 spiro atoms. The first-order chi connectivity index (χ1) is 9.77. The third-order valence-corrected chi connectivity index (χ3v) is 4.66. The van der Waals surface area contributed by atoms with E-state index in [0.29, 0.717) is 10.9 Å². The van der Waals surface area contributed by atoms with E-state index < -0.39 is 22.2 Å². The number of rotatable bonds is 5. The van der Waals surface area contributed by atoms with Gasteiger partial charge >= 0.3 is 0 Å². The maximum atomic E-state index is 12.4. The molecule has 21 heavy (non-hydrogen) atoms. The minimum Gasteiger partial charge on any atom is -0.393 e. The highest BCUT2D eigenvalue weighted by Crippen LogP contribution is 2.24. The number of sulfonamides is 1. The summed E-state index contributed by atoms with van der Waals surface area (Å²) in [6.45, 7) is 2.40. The van der Waals surface area contributed by atoms with Crippen molar-refractivity contribution in [1.82, 2.24) is 9.71 Å². The zero-order valence-corrected chi connectivity index (χ0v) is 12.7. The Balaban J connectivity index is 2.44. The van der Waals surface area contributed by atoms with Crippen LogP contribution in [0.4, 0.5) is 0 Å². The van der Waals surface area contributed by atoms with Gasteiger partial charge in [-0.25, -0.2) is 13.1 Å². The second-order valence-electron chi connectivity index (χ2n) is 5.26. The van der Waals surface area contributed by atoms with Gasteiger partial charge in [-0.2, -0.15) is 0 Å². The highest BCUT2D eigenvalue weighted by Gasteiger charge is 2.24. The molecule has 114 valence electrons. The summed E-state index contributed by atoms with van der Waals surface area (Å²) in [6, 6.07) is 6.56. The number of aliphatic hydroxyl groups is 2. The molecule has 2 rings (SSSR count). The molecule has 0 fully saturated rings. The van der Waals surface area contributed by atoms with E-state index in [1.54, 1.807) is 24.4 Å². The average Bonchev–Trinajstić information content (AvgIpc) is 2.46. The Bertz CT molecular complexity index is 757. The number of hydrogen-bond acceptors (Lipinski definition) is 5. The lowest BCUT2D eigenvalue weighted by atomic mass is 10.1. The van der Waals surface area contributed by atoms with Crippen LogP contribution < -0.4 is 4.72 Å². The van der Waals surface area contributed by atoms with E-state index in [9.17, 15) is 13.5 Å². The first kappa shape index (κ1) is 15.8. The maximum absolute atomic E-state index is 12.4. The Hall–Kier alpha value is -1.54. The number of nitrogens with one attached hydrogen (secondary N) is 1. The van der Waals surface area contributed by atoms with Crippen molar-refractivity contribution in [3.63, 3.8) is 0 Å². The topological polar surface area (TPSA) is 99.5 Å². The van der Waals surface area contributed by atoms with Gasteiger partial charge in [-0.15, -0.1) is 0 Å². The molecule has 0 aliphatic carbocycles. The zero-order chi connectivity index (χ0) is 15.7. The molecular formula is C14H18N2O4S. The lowest BCUT2D eigenvalue weighted by molar-refractivity contribution is 0.00681. The molecule has 1 aromatic carbocycles. The number of aromatic nitrogens is 1. The van der Waals surface area contributed by atoms with Crippen LogP contribution in [-0.2, 0) is 10.0 Å². The lowest BCUT2D eigenvalue weighted by Crippen LogP contribution is -2.43. The van der Waals surface area contributed by atoms with Gasteiger partial charge < -0.3 is 10.2 Å². The highest BCUT2D eigenvalue weighted by atomic mass is 32.2. The summed E-state index contributed by atoms with van der Waals surface area (Å²) < 4.78 is 27.1. The van der Waals surface area contributed by atoms with E-state index in [1.165, 1.54) is 13.0 Å². The van der Waals surface area contributed by atoms with Gasteiger partial charge in [0.15, 0.2) is 0 Å². The molecule has 1 atom stereocenters. The van der Waals surface area contributed by atoms with Crippen LogP contribution in [-0.4, -0.2) is 42.4 Å². The largest absolute Gasteiger partial charge is 0.393 e. The lowest BCUT2D eigenvalue weighted by Gasteiger charge is -2.21. The van der Waals surface area contributed by atoms with Crippen molar-refractivity contribution >= 4 is 20.9 Å².